The lowest BCUT2D eigenvalue weighted by molar-refractivity contribution is 0.285. The second-order valence-electron chi connectivity index (χ2n) is 6.01. The summed E-state index contributed by atoms with van der Waals surface area (Å²) in [6.07, 6.45) is 8.09. The van der Waals surface area contributed by atoms with Gasteiger partial charge >= 0.3 is 0 Å². The summed E-state index contributed by atoms with van der Waals surface area (Å²) in [5.74, 6) is 0. The fraction of sp³-hybridized carbons (Fsp3) is 0.857. The van der Waals surface area contributed by atoms with Crippen molar-refractivity contribution in [1.82, 2.24) is 4.90 Å². The van der Waals surface area contributed by atoms with E-state index in [-0.39, 0.29) is 0 Å². The number of nitrogens with zero attached hydrogens (tertiary/aromatic N) is 1. The topological polar surface area (TPSA) is 3.24 Å². The van der Waals surface area contributed by atoms with Crippen molar-refractivity contribution in [3.8, 4) is 0 Å². The molecule has 0 aromatic rings. The third-order valence-corrected chi connectivity index (χ3v) is 6.89. The third kappa shape index (κ3) is 4.73. The van der Waals surface area contributed by atoms with E-state index in [0.717, 1.165) is 0 Å². The van der Waals surface area contributed by atoms with E-state index in [9.17, 15) is 0 Å². The van der Waals surface area contributed by atoms with Gasteiger partial charge in [-0.2, -0.15) is 0 Å². The highest BCUT2D eigenvalue weighted by molar-refractivity contribution is 6.77. The highest BCUT2D eigenvalue weighted by Gasteiger charge is 2.18. The summed E-state index contributed by atoms with van der Waals surface area (Å²) in [6, 6.07) is 2.83. The number of likely N-dealkylation sites (tertiary alicyclic amines) is 1. The van der Waals surface area contributed by atoms with Crippen LogP contribution >= 0.6 is 0 Å². The molecule has 0 aromatic carbocycles. The Balaban J connectivity index is 2.42. The normalized spacial score (nSPS) is 19.0. The maximum atomic E-state index is 2.58. The Hall–Kier alpha value is -0.243. The molecule has 0 aliphatic carbocycles. The van der Waals surface area contributed by atoms with Crippen molar-refractivity contribution in [3.63, 3.8) is 0 Å². The van der Waals surface area contributed by atoms with E-state index in [1.54, 1.807) is 0 Å². The van der Waals surface area contributed by atoms with Crippen LogP contribution < -0.4 is 0 Å². The Labute approximate surface area is 103 Å². The van der Waals surface area contributed by atoms with Crippen LogP contribution in [0.4, 0.5) is 0 Å². The van der Waals surface area contributed by atoms with Gasteiger partial charge in [-0.25, -0.2) is 0 Å². The minimum Gasteiger partial charge on any atom is -0.375 e. The molecule has 94 valence electrons. The molecule has 1 aliphatic heterocycles. The predicted molar refractivity (Wildman–Crippen MR) is 76.6 cm³/mol. The van der Waals surface area contributed by atoms with Crippen molar-refractivity contribution < 1.29 is 0 Å². The lowest BCUT2D eigenvalue weighted by Gasteiger charge is -2.30. The highest BCUT2D eigenvalue weighted by Crippen LogP contribution is 2.21. The zero-order chi connectivity index (χ0) is 12.0. The molecule has 2 heteroatoms. The molecule has 1 aliphatic rings. The Kier molecular flexibility index (Phi) is 5.60. The molecule has 0 radical (unpaired) electrons. The van der Waals surface area contributed by atoms with Crippen molar-refractivity contribution in [1.29, 1.82) is 0 Å². The van der Waals surface area contributed by atoms with E-state index in [1.807, 2.05) is 0 Å². The minimum absolute atomic E-state index is 0.933. The van der Waals surface area contributed by atoms with E-state index in [2.05, 4.69) is 37.9 Å². The van der Waals surface area contributed by atoms with Gasteiger partial charge in [-0.1, -0.05) is 38.6 Å². The molecule has 0 spiro atoms. The summed E-state index contributed by atoms with van der Waals surface area (Å²) in [6.45, 7) is 12.3. The van der Waals surface area contributed by atoms with Crippen molar-refractivity contribution in [2.24, 2.45) is 0 Å². The minimum atomic E-state index is -0.933. The summed E-state index contributed by atoms with van der Waals surface area (Å²) < 4.78 is 0. The standard InChI is InChI=1S/C14H29NSi/c1-5-12-16(3,4)13-9-14(2)15-10-7-6-8-11-15/h9H,5-8,10-13H2,1-4H3/b14-9-. The first-order valence-corrected chi connectivity index (χ1v) is 10.4. The monoisotopic (exact) mass is 239 g/mol. The number of allylic oxidation sites excluding steroid dienone is 2. The van der Waals surface area contributed by atoms with Crippen LogP contribution in [0.25, 0.3) is 0 Å². The lowest BCUT2D eigenvalue weighted by Crippen LogP contribution is -2.29. The number of hydrogen-bond donors (Lipinski definition) is 0. The molecular weight excluding hydrogens is 210 g/mol. The second kappa shape index (κ2) is 6.48. The number of rotatable bonds is 5. The molecule has 1 saturated heterocycles. The van der Waals surface area contributed by atoms with Crippen LogP contribution in [0.15, 0.2) is 11.8 Å². The van der Waals surface area contributed by atoms with Crippen molar-refractivity contribution >= 4 is 8.07 Å². The maximum absolute atomic E-state index is 2.58. The highest BCUT2D eigenvalue weighted by atomic mass is 28.3. The second-order valence-corrected chi connectivity index (χ2v) is 11.2. The van der Waals surface area contributed by atoms with Gasteiger partial charge in [0.2, 0.25) is 0 Å². The average Bonchev–Trinajstić information content (AvgIpc) is 2.27. The zero-order valence-electron chi connectivity index (χ0n) is 11.7. The smallest absolute Gasteiger partial charge is 0.0511 e. The summed E-state index contributed by atoms with van der Waals surface area (Å²) >= 11 is 0. The quantitative estimate of drug-likeness (QED) is 0.639. The van der Waals surface area contributed by atoms with Gasteiger partial charge in [-0.3, -0.25) is 0 Å². The van der Waals surface area contributed by atoms with Crippen molar-refractivity contribution in [2.45, 2.75) is 64.7 Å². The Morgan fingerprint density at radius 1 is 1.19 bits per heavy atom. The van der Waals surface area contributed by atoms with Gasteiger partial charge in [0, 0.05) is 18.8 Å². The molecule has 0 bridgehead atoms. The van der Waals surface area contributed by atoms with Crippen LogP contribution in [-0.2, 0) is 0 Å². The van der Waals surface area contributed by atoms with E-state index in [4.69, 9.17) is 0 Å². The van der Waals surface area contributed by atoms with Crippen LogP contribution in [0.3, 0.4) is 0 Å². The fourth-order valence-corrected chi connectivity index (χ4v) is 4.98. The van der Waals surface area contributed by atoms with Crippen LogP contribution in [0.5, 0.6) is 0 Å². The van der Waals surface area contributed by atoms with Gasteiger partial charge in [0.05, 0.1) is 8.07 Å². The van der Waals surface area contributed by atoms with Crippen molar-refractivity contribution in [2.75, 3.05) is 13.1 Å². The molecule has 0 unspecified atom stereocenters. The van der Waals surface area contributed by atoms with E-state index < -0.39 is 8.07 Å². The molecule has 1 fully saturated rings. The molecule has 0 amide bonds. The number of piperidine rings is 1. The predicted octanol–water partition coefficient (Wildman–Crippen LogP) is 4.49. The van der Waals surface area contributed by atoms with Crippen LogP contribution in [0.2, 0.25) is 25.2 Å². The molecule has 0 aromatic heterocycles. The van der Waals surface area contributed by atoms with Gasteiger partial charge in [0.25, 0.3) is 0 Å². The largest absolute Gasteiger partial charge is 0.375 e. The Bertz CT molecular complexity index is 227. The first-order valence-electron chi connectivity index (χ1n) is 6.97. The lowest BCUT2D eigenvalue weighted by atomic mass is 10.1. The summed E-state index contributed by atoms with van der Waals surface area (Å²) in [7, 11) is -0.933. The van der Waals surface area contributed by atoms with E-state index in [0.29, 0.717) is 0 Å². The number of hydrogen-bond acceptors (Lipinski definition) is 1. The Morgan fingerprint density at radius 2 is 1.81 bits per heavy atom. The molecule has 1 rings (SSSR count). The van der Waals surface area contributed by atoms with E-state index >= 15 is 0 Å². The fourth-order valence-electron chi connectivity index (χ4n) is 2.58. The van der Waals surface area contributed by atoms with E-state index in [1.165, 1.54) is 56.6 Å². The van der Waals surface area contributed by atoms with Gasteiger partial charge in [-0.15, -0.1) is 0 Å². The SMILES string of the molecule is CCC[Si](C)(C)C/C=C(/C)N1CCCCC1. The molecule has 0 N–H and O–H groups in total. The van der Waals surface area contributed by atoms with Gasteiger partial charge in [0.1, 0.15) is 0 Å². The molecule has 1 heterocycles. The summed E-state index contributed by atoms with van der Waals surface area (Å²) in [5, 5.41) is 0. The average molecular weight is 239 g/mol. The first-order chi connectivity index (χ1) is 7.55. The van der Waals surface area contributed by atoms with Gasteiger partial charge in [0.15, 0.2) is 0 Å². The zero-order valence-corrected chi connectivity index (χ0v) is 12.7. The molecular formula is C14H29NSi. The van der Waals surface area contributed by atoms with Crippen molar-refractivity contribution in [3.05, 3.63) is 11.8 Å². The first kappa shape index (κ1) is 13.8. The molecule has 0 atom stereocenters. The van der Waals surface area contributed by atoms with Gasteiger partial charge in [-0.05, 0) is 32.2 Å². The summed E-state index contributed by atoms with van der Waals surface area (Å²) in [4.78, 5) is 2.58. The Morgan fingerprint density at radius 3 is 2.38 bits per heavy atom. The molecule has 0 saturated carbocycles. The maximum Gasteiger partial charge on any atom is 0.0511 e. The third-order valence-electron chi connectivity index (χ3n) is 3.73. The van der Waals surface area contributed by atoms with Crippen LogP contribution in [0.1, 0.15) is 39.5 Å². The van der Waals surface area contributed by atoms with Crippen LogP contribution in [-0.4, -0.2) is 26.1 Å². The molecule has 16 heavy (non-hydrogen) atoms. The summed E-state index contributed by atoms with van der Waals surface area (Å²) in [5.41, 5.74) is 1.54. The van der Waals surface area contributed by atoms with Crippen LogP contribution in [0, 0.1) is 0 Å². The molecule has 1 nitrogen and oxygen atoms in total. The van der Waals surface area contributed by atoms with Gasteiger partial charge < -0.3 is 4.90 Å².